The fourth-order valence-electron chi connectivity index (χ4n) is 1.86. The van der Waals surface area contributed by atoms with Crippen LogP contribution in [-0.4, -0.2) is 33.9 Å². The Hall–Kier alpha value is -0.870. The summed E-state index contributed by atoms with van der Waals surface area (Å²) < 4.78 is 11.2. The SMILES string of the molecule is CC(O)c1ccc(N2CCS(=O)CC2)cc1. The number of hydrogen-bond acceptors (Lipinski definition) is 3. The standard InChI is InChI=1S/C12H17NO2S/c1-10(14)11-2-4-12(5-3-11)13-6-8-16(15)9-7-13/h2-5,10,14H,6-9H2,1H3. The van der Waals surface area contributed by atoms with Gasteiger partial charge >= 0.3 is 0 Å². The molecular formula is C12H17NO2S. The molecule has 0 radical (unpaired) electrons. The molecule has 1 saturated heterocycles. The zero-order valence-corrected chi connectivity index (χ0v) is 10.2. The first-order valence-corrected chi connectivity index (χ1v) is 7.03. The van der Waals surface area contributed by atoms with Gasteiger partial charge in [-0.15, -0.1) is 0 Å². The summed E-state index contributed by atoms with van der Waals surface area (Å²) in [6, 6.07) is 7.95. The molecule has 1 aliphatic heterocycles. The van der Waals surface area contributed by atoms with Crippen molar-refractivity contribution in [2.24, 2.45) is 0 Å². The molecular weight excluding hydrogens is 222 g/mol. The van der Waals surface area contributed by atoms with Crippen molar-refractivity contribution in [2.75, 3.05) is 29.5 Å². The second kappa shape index (κ2) is 4.97. The molecule has 88 valence electrons. The smallest absolute Gasteiger partial charge is 0.0761 e. The van der Waals surface area contributed by atoms with Gasteiger partial charge < -0.3 is 10.0 Å². The van der Waals surface area contributed by atoms with Crippen LogP contribution >= 0.6 is 0 Å². The summed E-state index contributed by atoms with van der Waals surface area (Å²) >= 11 is 0. The zero-order chi connectivity index (χ0) is 11.5. The van der Waals surface area contributed by atoms with E-state index >= 15 is 0 Å². The van der Waals surface area contributed by atoms with Crippen LogP contribution in [0.2, 0.25) is 0 Å². The van der Waals surface area contributed by atoms with Gasteiger partial charge in [0.25, 0.3) is 0 Å². The third kappa shape index (κ3) is 2.62. The van der Waals surface area contributed by atoms with Crippen LogP contribution in [0, 0.1) is 0 Å². The van der Waals surface area contributed by atoms with Crippen molar-refractivity contribution in [1.82, 2.24) is 0 Å². The number of anilines is 1. The molecule has 1 aromatic rings. The fraction of sp³-hybridized carbons (Fsp3) is 0.500. The number of nitrogens with zero attached hydrogens (tertiary/aromatic N) is 1. The van der Waals surface area contributed by atoms with E-state index in [0.717, 1.165) is 35.8 Å². The molecule has 4 heteroatoms. The fourth-order valence-corrected chi connectivity index (χ4v) is 2.91. The molecule has 16 heavy (non-hydrogen) atoms. The Bertz CT molecular complexity index is 365. The van der Waals surface area contributed by atoms with E-state index in [9.17, 15) is 9.32 Å². The highest BCUT2D eigenvalue weighted by molar-refractivity contribution is 7.85. The number of benzene rings is 1. The van der Waals surface area contributed by atoms with Crippen molar-refractivity contribution in [3.05, 3.63) is 29.8 Å². The Kier molecular flexibility index (Phi) is 3.61. The van der Waals surface area contributed by atoms with Gasteiger partial charge in [-0.2, -0.15) is 0 Å². The second-order valence-corrected chi connectivity index (χ2v) is 5.80. The van der Waals surface area contributed by atoms with E-state index < -0.39 is 16.9 Å². The van der Waals surface area contributed by atoms with Gasteiger partial charge in [0.05, 0.1) is 6.10 Å². The predicted molar refractivity (Wildman–Crippen MR) is 67.2 cm³/mol. The van der Waals surface area contributed by atoms with Crippen molar-refractivity contribution in [1.29, 1.82) is 0 Å². The normalized spacial score (nSPS) is 19.8. The van der Waals surface area contributed by atoms with E-state index in [1.165, 1.54) is 0 Å². The Balaban J connectivity index is 2.07. The minimum absolute atomic E-state index is 0.414. The third-order valence-corrected chi connectivity index (χ3v) is 4.19. The average Bonchev–Trinajstić information content (AvgIpc) is 2.30. The quantitative estimate of drug-likeness (QED) is 0.846. The third-order valence-electron chi connectivity index (χ3n) is 2.92. The minimum Gasteiger partial charge on any atom is -0.389 e. The molecule has 1 aliphatic rings. The van der Waals surface area contributed by atoms with E-state index in [4.69, 9.17) is 0 Å². The van der Waals surface area contributed by atoms with Crippen molar-refractivity contribution in [2.45, 2.75) is 13.0 Å². The summed E-state index contributed by atoms with van der Waals surface area (Å²) in [6.07, 6.45) is -0.414. The molecule has 3 nitrogen and oxygen atoms in total. The number of hydrogen-bond donors (Lipinski definition) is 1. The number of rotatable bonds is 2. The van der Waals surface area contributed by atoms with Gasteiger partial charge in [-0.3, -0.25) is 4.21 Å². The molecule has 1 atom stereocenters. The Morgan fingerprint density at radius 2 is 1.81 bits per heavy atom. The van der Waals surface area contributed by atoms with Crippen LogP contribution in [0.5, 0.6) is 0 Å². The molecule has 1 fully saturated rings. The zero-order valence-electron chi connectivity index (χ0n) is 9.43. The highest BCUT2D eigenvalue weighted by atomic mass is 32.2. The molecule has 2 rings (SSSR count). The Morgan fingerprint density at radius 3 is 2.31 bits per heavy atom. The van der Waals surface area contributed by atoms with Gasteiger partial charge in [-0.05, 0) is 24.6 Å². The van der Waals surface area contributed by atoms with Crippen LogP contribution in [0.15, 0.2) is 24.3 Å². The molecule has 0 spiro atoms. The summed E-state index contributed by atoms with van der Waals surface area (Å²) in [5.41, 5.74) is 2.09. The van der Waals surface area contributed by atoms with Crippen molar-refractivity contribution >= 4 is 16.5 Å². The summed E-state index contributed by atoms with van der Waals surface area (Å²) in [5, 5.41) is 9.41. The van der Waals surface area contributed by atoms with Crippen molar-refractivity contribution < 1.29 is 9.32 Å². The first-order valence-electron chi connectivity index (χ1n) is 5.55. The van der Waals surface area contributed by atoms with Crippen LogP contribution in [0.4, 0.5) is 5.69 Å². The molecule has 1 N–H and O–H groups in total. The highest BCUT2D eigenvalue weighted by Gasteiger charge is 2.15. The van der Waals surface area contributed by atoms with Crippen molar-refractivity contribution in [3.63, 3.8) is 0 Å². The Labute approximate surface area is 98.5 Å². The number of aliphatic hydroxyl groups excluding tert-OH is 1. The van der Waals surface area contributed by atoms with E-state index in [1.54, 1.807) is 6.92 Å². The monoisotopic (exact) mass is 239 g/mol. The first kappa shape index (κ1) is 11.6. The maximum absolute atomic E-state index is 11.2. The maximum Gasteiger partial charge on any atom is 0.0761 e. The lowest BCUT2D eigenvalue weighted by atomic mass is 10.1. The maximum atomic E-state index is 11.2. The molecule has 0 aromatic heterocycles. The van der Waals surface area contributed by atoms with Gasteiger partial charge in [-0.1, -0.05) is 12.1 Å². The summed E-state index contributed by atoms with van der Waals surface area (Å²) in [6.45, 7) is 3.49. The molecule has 0 saturated carbocycles. The summed E-state index contributed by atoms with van der Waals surface area (Å²) in [7, 11) is -0.628. The summed E-state index contributed by atoms with van der Waals surface area (Å²) in [5.74, 6) is 1.52. The molecule has 0 amide bonds. The van der Waals surface area contributed by atoms with Gasteiger partial charge in [0.15, 0.2) is 0 Å². The molecule has 1 unspecified atom stereocenters. The van der Waals surface area contributed by atoms with Gasteiger partial charge in [0.1, 0.15) is 0 Å². The van der Waals surface area contributed by atoms with E-state index in [1.807, 2.05) is 24.3 Å². The lowest BCUT2D eigenvalue weighted by Crippen LogP contribution is -2.37. The van der Waals surface area contributed by atoms with E-state index in [-0.39, 0.29) is 0 Å². The van der Waals surface area contributed by atoms with Crippen LogP contribution < -0.4 is 4.90 Å². The molecule has 0 bridgehead atoms. The highest BCUT2D eigenvalue weighted by Crippen LogP contribution is 2.20. The van der Waals surface area contributed by atoms with Gasteiger partial charge in [0.2, 0.25) is 0 Å². The van der Waals surface area contributed by atoms with Gasteiger partial charge in [-0.25, -0.2) is 0 Å². The van der Waals surface area contributed by atoms with E-state index in [0.29, 0.717) is 0 Å². The van der Waals surface area contributed by atoms with E-state index in [2.05, 4.69) is 4.90 Å². The largest absolute Gasteiger partial charge is 0.389 e. The predicted octanol–water partition coefficient (Wildman–Crippen LogP) is 1.31. The van der Waals surface area contributed by atoms with Crippen LogP contribution in [0.25, 0.3) is 0 Å². The molecule has 0 aliphatic carbocycles. The lowest BCUT2D eigenvalue weighted by Gasteiger charge is -2.28. The van der Waals surface area contributed by atoms with Gasteiger partial charge in [0, 0.05) is 41.1 Å². The minimum atomic E-state index is -0.628. The second-order valence-electron chi connectivity index (χ2n) is 4.10. The Morgan fingerprint density at radius 1 is 1.25 bits per heavy atom. The first-order chi connectivity index (χ1) is 7.66. The average molecular weight is 239 g/mol. The van der Waals surface area contributed by atoms with Crippen LogP contribution in [-0.2, 0) is 10.8 Å². The summed E-state index contributed by atoms with van der Waals surface area (Å²) in [4.78, 5) is 2.24. The number of aliphatic hydroxyl groups is 1. The molecule has 1 aromatic carbocycles. The lowest BCUT2D eigenvalue weighted by molar-refractivity contribution is 0.199. The van der Waals surface area contributed by atoms with Crippen LogP contribution in [0.1, 0.15) is 18.6 Å². The topological polar surface area (TPSA) is 40.5 Å². The molecule has 1 heterocycles. The van der Waals surface area contributed by atoms with Crippen LogP contribution in [0.3, 0.4) is 0 Å². The van der Waals surface area contributed by atoms with Crippen molar-refractivity contribution in [3.8, 4) is 0 Å².